The highest BCUT2D eigenvalue weighted by atomic mass is 16.5. The van der Waals surface area contributed by atoms with Gasteiger partial charge in [-0.1, -0.05) is 44.2 Å². The predicted molar refractivity (Wildman–Crippen MR) is 120 cm³/mol. The quantitative estimate of drug-likeness (QED) is 0.450. The van der Waals surface area contributed by atoms with Gasteiger partial charge in [-0.15, -0.1) is 0 Å². The first kappa shape index (κ1) is 23.7. The zero-order valence-corrected chi connectivity index (χ0v) is 19.0. The average molecular weight is 414 g/mol. The molecule has 1 amide bonds. The number of nitrogens with one attached hydrogen (secondary N) is 1. The molecule has 1 N–H and O–H groups in total. The van der Waals surface area contributed by atoms with Gasteiger partial charge in [0, 0.05) is 18.8 Å². The molecule has 0 aliphatic heterocycles. The van der Waals surface area contributed by atoms with Crippen LogP contribution >= 0.6 is 0 Å². The molecule has 0 atom stereocenters. The SMILES string of the molecule is CCOC(=O)c1c(C)c(C(=O)NCCCN(CC)CC)c(C)n1Cc1ccccc1. The highest BCUT2D eigenvalue weighted by molar-refractivity contribution is 6.01. The molecule has 30 heavy (non-hydrogen) atoms. The fourth-order valence-corrected chi connectivity index (χ4v) is 3.79. The van der Waals surface area contributed by atoms with E-state index in [0.29, 0.717) is 36.5 Å². The molecule has 0 aliphatic carbocycles. The van der Waals surface area contributed by atoms with Crippen LogP contribution < -0.4 is 5.32 Å². The summed E-state index contributed by atoms with van der Waals surface area (Å²) in [6.45, 7) is 14.2. The molecule has 1 heterocycles. The number of carbonyl (C=O) groups excluding carboxylic acids is 2. The first-order chi connectivity index (χ1) is 14.4. The number of aromatic nitrogens is 1. The van der Waals surface area contributed by atoms with Gasteiger partial charge in [-0.3, -0.25) is 4.79 Å². The average Bonchev–Trinajstić information content (AvgIpc) is 2.98. The number of carbonyl (C=O) groups is 2. The summed E-state index contributed by atoms with van der Waals surface area (Å²) < 4.78 is 7.18. The lowest BCUT2D eigenvalue weighted by molar-refractivity contribution is 0.0513. The van der Waals surface area contributed by atoms with Crippen LogP contribution in [-0.2, 0) is 11.3 Å². The first-order valence-corrected chi connectivity index (χ1v) is 10.9. The minimum absolute atomic E-state index is 0.137. The number of amides is 1. The highest BCUT2D eigenvalue weighted by Crippen LogP contribution is 2.24. The Kier molecular flexibility index (Phi) is 9.12. The minimum atomic E-state index is -0.394. The van der Waals surface area contributed by atoms with Gasteiger partial charge in [0.2, 0.25) is 0 Å². The molecule has 0 bridgehead atoms. The maximum Gasteiger partial charge on any atom is 0.355 e. The van der Waals surface area contributed by atoms with Crippen molar-refractivity contribution in [1.82, 2.24) is 14.8 Å². The molecular weight excluding hydrogens is 378 g/mol. The van der Waals surface area contributed by atoms with Crippen molar-refractivity contribution >= 4 is 11.9 Å². The Hall–Kier alpha value is -2.60. The van der Waals surface area contributed by atoms with Crippen LogP contribution in [0.1, 0.15) is 64.9 Å². The summed E-state index contributed by atoms with van der Waals surface area (Å²) in [5.41, 5.74) is 3.53. The molecule has 6 heteroatoms. The molecule has 2 rings (SSSR count). The number of hydrogen-bond acceptors (Lipinski definition) is 4. The zero-order chi connectivity index (χ0) is 22.1. The van der Waals surface area contributed by atoms with E-state index < -0.39 is 5.97 Å². The van der Waals surface area contributed by atoms with Crippen molar-refractivity contribution in [2.45, 2.75) is 47.6 Å². The van der Waals surface area contributed by atoms with E-state index >= 15 is 0 Å². The molecule has 0 saturated heterocycles. The van der Waals surface area contributed by atoms with Crippen LogP contribution in [-0.4, -0.2) is 54.1 Å². The standard InChI is InChI=1S/C24H35N3O3/c1-6-26(7-2)16-12-15-25-23(28)21-18(4)22(24(29)30-8-3)27(19(21)5)17-20-13-10-9-11-14-20/h9-11,13-14H,6-8,12,15-17H2,1-5H3,(H,25,28). The van der Waals surface area contributed by atoms with E-state index in [2.05, 4.69) is 24.1 Å². The van der Waals surface area contributed by atoms with Gasteiger partial charge in [0.25, 0.3) is 5.91 Å². The molecule has 0 fully saturated rings. The Bertz CT molecular complexity index is 839. The molecule has 0 spiro atoms. The van der Waals surface area contributed by atoms with E-state index in [-0.39, 0.29) is 5.91 Å². The van der Waals surface area contributed by atoms with Crippen LogP contribution in [0, 0.1) is 13.8 Å². The van der Waals surface area contributed by atoms with Crippen LogP contribution in [0.3, 0.4) is 0 Å². The van der Waals surface area contributed by atoms with Gasteiger partial charge >= 0.3 is 5.97 Å². The summed E-state index contributed by atoms with van der Waals surface area (Å²) in [6, 6.07) is 9.91. The molecule has 1 aromatic heterocycles. The lowest BCUT2D eigenvalue weighted by Crippen LogP contribution is -2.30. The lowest BCUT2D eigenvalue weighted by Gasteiger charge is -2.17. The smallest absolute Gasteiger partial charge is 0.355 e. The third-order valence-electron chi connectivity index (χ3n) is 5.48. The number of esters is 1. The summed E-state index contributed by atoms with van der Waals surface area (Å²) in [5, 5.41) is 3.03. The van der Waals surface area contributed by atoms with Crippen molar-refractivity contribution in [3.63, 3.8) is 0 Å². The van der Waals surface area contributed by atoms with Gasteiger partial charge in [-0.2, -0.15) is 0 Å². The Balaban J connectivity index is 2.25. The normalized spacial score (nSPS) is 11.0. The summed E-state index contributed by atoms with van der Waals surface area (Å²) in [6.07, 6.45) is 0.890. The fraction of sp³-hybridized carbons (Fsp3) is 0.500. The maximum atomic E-state index is 13.0. The van der Waals surface area contributed by atoms with Gasteiger partial charge in [0.15, 0.2) is 0 Å². The summed E-state index contributed by atoms with van der Waals surface area (Å²) >= 11 is 0. The van der Waals surface area contributed by atoms with E-state index in [1.165, 1.54) is 0 Å². The Morgan fingerprint density at radius 2 is 1.73 bits per heavy atom. The maximum absolute atomic E-state index is 13.0. The van der Waals surface area contributed by atoms with E-state index in [1.807, 2.05) is 48.7 Å². The number of hydrogen-bond donors (Lipinski definition) is 1. The van der Waals surface area contributed by atoms with Crippen LogP contribution in [0.25, 0.3) is 0 Å². The lowest BCUT2D eigenvalue weighted by atomic mass is 10.1. The number of nitrogens with zero attached hydrogens (tertiary/aromatic N) is 2. The third kappa shape index (κ3) is 5.72. The second-order valence-electron chi connectivity index (χ2n) is 7.36. The zero-order valence-electron chi connectivity index (χ0n) is 19.0. The van der Waals surface area contributed by atoms with E-state index in [9.17, 15) is 9.59 Å². The van der Waals surface area contributed by atoms with Gasteiger partial charge in [0.1, 0.15) is 5.69 Å². The second kappa shape index (κ2) is 11.6. The Morgan fingerprint density at radius 3 is 2.33 bits per heavy atom. The molecule has 0 saturated carbocycles. The van der Waals surface area contributed by atoms with Crippen LogP contribution in [0.15, 0.2) is 30.3 Å². The number of benzene rings is 1. The number of ether oxygens (including phenoxy) is 1. The minimum Gasteiger partial charge on any atom is -0.461 e. The van der Waals surface area contributed by atoms with Gasteiger partial charge in [-0.25, -0.2) is 4.79 Å². The van der Waals surface area contributed by atoms with Crippen molar-refractivity contribution in [3.05, 3.63) is 58.4 Å². The third-order valence-corrected chi connectivity index (χ3v) is 5.48. The van der Waals surface area contributed by atoms with Gasteiger partial charge in [0.05, 0.1) is 12.2 Å². The summed E-state index contributed by atoms with van der Waals surface area (Å²) in [7, 11) is 0. The topological polar surface area (TPSA) is 63.6 Å². The van der Waals surface area contributed by atoms with Gasteiger partial charge in [-0.05, 0) is 58.0 Å². The van der Waals surface area contributed by atoms with E-state index in [0.717, 1.165) is 37.3 Å². The Morgan fingerprint density at radius 1 is 1.07 bits per heavy atom. The monoisotopic (exact) mass is 413 g/mol. The fourth-order valence-electron chi connectivity index (χ4n) is 3.79. The predicted octanol–water partition coefficient (Wildman–Crippen LogP) is 3.79. The van der Waals surface area contributed by atoms with E-state index in [1.54, 1.807) is 6.92 Å². The molecular formula is C24H35N3O3. The van der Waals surface area contributed by atoms with Crippen molar-refractivity contribution in [2.24, 2.45) is 0 Å². The number of rotatable bonds is 11. The largest absolute Gasteiger partial charge is 0.461 e. The highest BCUT2D eigenvalue weighted by Gasteiger charge is 2.27. The summed E-state index contributed by atoms with van der Waals surface area (Å²) in [5.74, 6) is -0.531. The van der Waals surface area contributed by atoms with Crippen molar-refractivity contribution in [1.29, 1.82) is 0 Å². The molecule has 0 aliphatic rings. The Labute approximate surface area is 180 Å². The molecule has 6 nitrogen and oxygen atoms in total. The van der Waals surface area contributed by atoms with Crippen LogP contribution in [0.5, 0.6) is 0 Å². The van der Waals surface area contributed by atoms with Crippen molar-refractivity contribution in [3.8, 4) is 0 Å². The van der Waals surface area contributed by atoms with E-state index in [4.69, 9.17) is 4.74 Å². The molecule has 164 valence electrons. The first-order valence-electron chi connectivity index (χ1n) is 10.9. The molecule has 0 unspecified atom stereocenters. The van der Waals surface area contributed by atoms with Crippen molar-refractivity contribution < 1.29 is 14.3 Å². The molecule has 0 radical (unpaired) electrons. The molecule has 1 aromatic carbocycles. The second-order valence-corrected chi connectivity index (χ2v) is 7.36. The van der Waals surface area contributed by atoms with Crippen LogP contribution in [0.2, 0.25) is 0 Å². The summed E-state index contributed by atoms with van der Waals surface area (Å²) in [4.78, 5) is 28.0. The van der Waals surface area contributed by atoms with Crippen molar-refractivity contribution in [2.75, 3.05) is 32.8 Å². The molecule has 2 aromatic rings. The van der Waals surface area contributed by atoms with Gasteiger partial charge < -0.3 is 19.5 Å². The van der Waals surface area contributed by atoms with Crippen LogP contribution in [0.4, 0.5) is 0 Å².